The van der Waals surface area contributed by atoms with Crippen LogP contribution >= 0.6 is 0 Å². The van der Waals surface area contributed by atoms with Crippen molar-refractivity contribution in [3.8, 4) is 16.8 Å². The lowest BCUT2D eigenvalue weighted by Gasteiger charge is -2.10. The van der Waals surface area contributed by atoms with Crippen molar-refractivity contribution >= 4 is 5.91 Å². The van der Waals surface area contributed by atoms with Gasteiger partial charge in [-0.15, -0.1) is 0 Å². The fourth-order valence-corrected chi connectivity index (χ4v) is 4.37. The summed E-state index contributed by atoms with van der Waals surface area (Å²) in [7, 11) is 1.87. The van der Waals surface area contributed by atoms with Crippen LogP contribution in [0.2, 0.25) is 0 Å². The third-order valence-corrected chi connectivity index (χ3v) is 5.85. The number of hydrogen-bond donors (Lipinski definition) is 1. The zero-order valence-electron chi connectivity index (χ0n) is 16.8. The predicted molar refractivity (Wildman–Crippen MR) is 110 cm³/mol. The van der Waals surface area contributed by atoms with Crippen molar-refractivity contribution in [2.75, 3.05) is 0 Å². The van der Waals surface area contributed by atoms with Gasteiger partial charge in [-0.3, -0.25) is 14.3 Å². The Morgan fingerprint density at radius 2 is 1.75 bits per heavy atom. The highest BCUT2D eigenvalue weighted by molar-refractivity contribution is 6.02. The predicted octanol–water partition coefficient (Wildman–Crippen LogP) is 3.26. The molecule has 6 heteroatoms. The maximum absolute atomic E-state index is 13.5. The lowest BCUT2D eigenvalue weighted by molar-refractivity contribution is 0.1000. The lowest BCUT2D eigenvalue weighted by atomic mass is 9.99. The molecule has 2 N–H and O–H groups in total. The van der Waals surface area contributed by atoms with E-state index in [-0.39, 0.29) is 5.56 Å². The van der Waals surface area contributed by atoms with Gasteiger partial charge in [0.2, 0.25) is 0 Å². The number of rotatable bonds is 5. The number of para-hydroxylation sites is 1. The Morgan fingerprint density at radius 3 is 2.29 bits per heavy atom. The fraction of sp³-hybridized carbons (Fsp3) is 0.364. The molecular weight excluding hydrogens is 352 g/mol. The van der Waals surface area contributed by atoms with E-state index in [2.05, 4.69) is 11.5 Å². The smallest absolute Gasteiger partial charge is 0.279 e. The van der Waals surface area contributed by atoms with Crippen LogP contribution in [0, 0.1) is 13.8 Å². The van der Waals surface area contributed by atoms with E-state index in [9.17, 15) is 9.59 Å². The van der Waals surface area contributed by atoms with Crippen molar-refractivity contribution < 1.29 is 4.79 Å². The number of primary amides is 1. The van der Waals surface area contributed by atoms with Gasteiger partial charge in [0.05, 0.1) is 16.8 Å². The second kappa shape index (κ2) is 6.55. The summed E-state index contributed by atoms with van der Waals surface area (Å²) in [6.45, 7) is 5.93. The molecule has 1 amide bonds. The summed E-state index contributed by atoms with van der Waals surface area (Å²) in [5.74, 6) is -0.476. The minimum absolute atomic E-state index is 0.128. The zero-order valence-corrected chi connectivity index (χ0v) is 16.8. The molecule has 1 saturated carbocycles. The summed E-state index contributed by atoms with van der Waals surface area (Å²) < 4.78 is 5.73. The Morgan fingerprint density at radius 1 is 1.11 bits per heavy atom. The molecule has 2 aromatic heterocycles. The van der Waals surface area contributed by atoms with Crippen molar-refractivity contribution in [1.29, 1.82) is 0 Å². The number of carbonyl (C=O) groups is 1. The van der Waals surface area contributed by atoms with Gasteiger partial charge < -0.3 is 10.3 Å². The molecule has 4 rings (SSSR count). The first-order chi connectivity index (χ1) is 13.4. The van der Waals surface area contributed by atoms with Gasteiger partial charge in [-0.05, 0) is 45.2 Å². The van der Waals surface area contributed by atoms with Gasteiger partial charge in [0.25, 0.3) is 11.5 Å². The molecule has 0 atom stereocenters. The molecule has 0 radical (unpaired) electrons. The molecule has 0 aliphatic heterocycles. The molecule has 2 heterocycles. The summed E-state index contributed by atoms with van der Waals surface area (Å²) in [4.78, 5) is 26.0. The van der Waals surface area contributed by atoms with E-state index in [0.29, 0.717) is 22.7 Å². The second-order valence-electron chi connectivity index (χ2n) is 7.54. The quantitative estimate of drug-likeness (QED) is 0.740. The minimum atomic E-state index is -0.476. The Bertz CT molecular complexity index is 1130. The van der Waals surface area contributed by atoms with Crippen LogP contribution in [0.3, 0.4) is 0 Å². The van der Waals surface area contributed by atoms with Crippen molar-refractivity contribution in [2.45, 2.75) is 46.1 Å². The van der Waals surface area contributed by atoms with Crippen LogP contribution in [0.1, 0.15) is 53.2 Å². The van der Waals surface area contributed by atoms with Crippen LogP contribution in [0.25, 0.3) is 16.8 Å². The van der Waals surface area contributed by atoms with E-state index in [4.69, 9.17) is 5.73 Å². The first kappa shape index (κ1) is 18.3. The molecule has 28 heavy (non-hydrogen) atoms. The van der Waals surface area contributed by atoms with Crippen molar-refractivity contribution in [1.82, 2.24) is 13.9 Å². The van der Waals surface area contributed by atoms with Gasteiger partial charge in [0, 0.05) is 35.7 Å². The molecule has 146 valence electrons. The van der Waals surface area contributed by atoms with E-state index < -0.39 is 5.91 Å². The van der Waals surface area contributed by atoms with E-state index in [1.165, 1.54) is 0 Å². The topological polar surface area (TPSA) is 75.0 Å². The normalized spacial score (nSPS) is 13.9. The number of nitrogens with two attached hydrogens (primary N) is 1. The summed E-state index contributed by atoms with van der Waals surface area (Å²) in [6.07, 6.45) is 2.93. The molecule has 6 nitrogen and oxygen atoms in total. The standard InChI is InChI=1S/C22H26N4O2/c1-5-17-20(18(21(23)27)14(3)25(17)15-11-12-15)19-13(2)24(4)26(22(19)28)16-9-7-6-8-10-16/h6-10,15H,5,11-12H2,1-4H3,(H2,23,27). The number of carbonyl (C=O) groups excluding carboxylic acids is 1. The molecule has 1 aliphatic rings. The monoisotopic (exact) mass is 378 g/mol. The number of benzene rings is 1. The highest BCUT2D eigenvalue weighted by Gasteiger charge is 2.34. The highest BCUT2D eigenvalue weighted by atomic mass is 16.1. The van der Waals surface area contributed by atoms with Gasteiger partial charge in [0.15, 0.2) is 0 Å². The maximum atomic E-state index is 13.5. The van der Waals surface area contributed by atoms with Crippen LogP contribution in [0.4, 0.5) is 0 Å². The Labute approximate surface area is 164 Å². The molecular formula is C22H26N4O2. The average Bonchev–Trinajstić information content (AvgIpc) is 3.42. The van der Waals surface area contributed by atoms with Gasteiger partial charge in [-0.1, -0.05) is 25.1 Å². The van der Waals surface area contributed by atoms with Crippen LogP contribution in [-0.4, -0.2) is 19.8 Å². The van der Waals surface area contributed by atoms with Gasteiger partial charge in [-0.2, -0.15) is 0 Å². The summed E-state index contributed by atoms with van der Waals surface area (Å²) in [5, 5.41) is 0. The fourth-order valence-electron chi connectivity index (χ4n) is 4.37. The molecule has 0 unspecified atom stereocenters. The first-order valence-corrected chi connectivity index (χ1v) is 9.76. The average molecular weight is 378 g/mol. The molecule has 1 aromatic carbocycles. The third-order valence-electron chi connectivity index (χ3n) is 5.85. The molecule has 0 saturated heterocycles. The minimum Gasteiger partial charge on any atom is -0.366 e. The van der Waals surface area contributed by atoms with E-state index >= 15 is 0 Å². The van der Waals surface area contributed by atoms with Gasteiger partial charge in [0.1, 0.15) is 0 Å². The van der Waals surface area contributed by atoms with Crippen LogP contribution in [0.5, 0.6) is 0 Å². The Balaban J connectivity index is 2.08. The number of aromatic nitrogens is 3. The number of nitrogens with zero attached hydrogens (tertiary/aromatic N) is 3. The summed E-state index contributed by atoms with van der Waals surface area (Å²) >= 11 is 0. The van der Waals surface area contributed by atoms with Crippen LogP contribution in [-0.2, 0) is 13.5 Å². The SMILES string of the molecule is CCc1c(-c2c(C)n(C)n(-c3ccccc3)c2=O)c(C(N)=O)c(C)n1C1CC1. The van der Waals surface area contributed by atoms with E-state index in [1.54, 1.807) is 4.68 Å². The summed E-state index contributed by atoms with van der Waals surface area (Å²) in [5.41, 5.74) is 10.9. The van der Waals surface area contributed by atoms with Crippen LogP contribution in [0.15, 0.2) is 35.1 Å². The maximum Gasteiger partial charge on any atom is 0.279 e. The first-order valence-electron chi connectivity index (χ1n) is 9.76. The molecule has 0 spiro atoms. The van der Waals surface area contributed by atoms with Crippen molar-refractivity contribution in [3.63, 3.8) is 0 Å². The molecule has 3 aromatic rings. The Hall–Kier alpha value is -3.02. The summed E-state index contributed by atoms with van der Waals surface area (Å²) in [6, 6.07) is 9.95. The second-order valence-corrected chi connectivity index (χ2v) is 7.54. The van der Waals surface area contributed by atoms with Crippen molar-refractivity contribution in [3.05, 3.63) is 63.3 Å². The van der Waals surface area contributed by atoms with Crippen molar-refractivity contribution in [2.24, 2.45) is 12.8 Å². The van der Waals surface area contributed by atoms with Gasteiger partial charge in [-0.25, -0.2) is 4.68 Å². The largest absolute Gasteiger partial charge is 0.366 e. The molecule has 1 fully saturated rings. The Kier molecular flexibility index (Phi) is 4.29. The molecule has 1 aliphatic carbocycles. The van der Waals surface area contributed by atoms with E-state index in [1.807, 2.05) is 55.9 Å². The molecule has 0 bridgehead atoms. The highest BCUT2D eigenvalue weighted by Crippen LogP contribution is 2.43. The van der Waals surface area contributed by atoms with E-state index in [0.717, 1.165) is 42.0 Å². The van der Waals surface area contributed by atoms with Crippen LogP contribution < -0.4 is 11.3 Å². The third kappa shape index (κ3) is 2.55. The number of amides is 1. The number of hydrogen-bond acceptors (Lipinski definition) is 2. The zero-order chi connectivity index (χ0) is 20.2. The lowest BCUT2D eigenvalue weighted by Crippen LogP contribution is -2.20. The van der Waals surface area contributed by atoms with Gasteiger partial charge >= 0.3 is 0 Å².